The van der Waals surface area contributed by atoms with Crippen LogP contribution in [-0.4, -0.2) is 38.0 Å². The highest BCUT2D eigenvalue weighted by atomic mass is 16.5. The van der Waals surface area contributed by atoms with Gasteiger partial charge in [-0.1, -0.05) is 0 Å². The van der Waals surface area contributed by atoms with Gasteiger partial charge in [0.1, 0.15) is 11.4 Å². The maximum absolute atomic E-state index is 12.1. The molecule has 100 valence electrons. The molecule has 2 N–H and O–H groups in total. The Morgan fingerprint density at radius 3 is 2.68 bits per heavy atom. The number of ether oxygens (including phenoxy) is 1. The summed E-state index contributed by atoms with van der Waals surface area (Å²) in [5.74, 6) is -1.11. The average molecular weight is 263 g/mol. The van der Waals surface area contributed by atoms with Gasteiger partial charge in [0.25, 0.3) is 5.91 Å². The maximum Gasteiger partial charge on any atom is 0.343 e. The number of aryl methyl sites for hydroxylation is 1. The highest BCUT2D eigenvalue weighted by Crippen LogP contribution is 2.14. The number of nitrogen functional groups attached to an aromatic ring is 1. The number of aromatic nitrogens is 4. The van der Waals surface area contributed by atoms with Crippen LogP contribution in [0.4, 0.5) is 5.82 Å². The van der Waals surface area contributed by atoms with Gasteiger partial charge in [0.05, 0.1) is 24.6 Å². The molecule has 0 aliphatic heterocycles. The van der Waals surface area contributed by atoms with Crippen LogP contribution in [0.15, 0.2) is 18.6 Å². The van der Waals surface area contributed by atoms with Crippen LogP contribution in [0.25, 0.3) is 0 Å². The second kappa shape index (κ2) is 4.92. The van der Waals surface area contributed by atoms with Crippen LogP contribution in [0, 0.1) is 0 Å². The van der Waals surface area contributed by atoms with Crippen LogP contribution in [0.5, 0.6) is 0 Å². The number of rotatable bonds is 3. The molecule has 0 bridgehead atoms. The predicted octanol–water partition coefficient (Wildman–Crippen LogP) is 0.0640. The van der Waals surface area contributed by atoms with Crippen LogP contribution in [0.1, 0.15) is 27.6 Å². The Morgan fingerprint density at radius 2 is 2.11 bits per heavy atom. The van der Waals surface area contributed by atoms with Gasteiger partial charge >= 0.3 is 5.97 Å². The molecule has 8 heteroatoms. The monoisotopic (exact) mass is 263 g/mol. The Balaban J connectivity index is 2.32. The molecule has 0 aliphatic rings. The quantitative estimate of drug-likeness (QED) is 0.785. The molecule has 0 saturated carbocycles. The van der Waals surface area contributed by atoms with Gasteiger partial charge in [0.15, 0.2) is 0 Å². The summed E-state index contributed by atoms with van der Waals surface area (Å²) in [6.45, 7) is 1.90. The molecule has 0 amide bonds. The minimum absolute atomic E-state index is 0.0488. The maximum atomic E-state index is 12.1. The Morgan fingerprint density at radius 1 is 1.37 bits per heavy atom. The number of hydrogen-bond acceptors (Lipinski definition) is 6. The highest BCUT2D eigenvalue weighted by Gasteiger charge is 2.21. The van der Waals surface area contributed by atoms with E-state index in [9.17, 15) is 9.59 Å². The van der Waals surface area contributed by atoms with E-state index in [2.05, 4.69) is 10.2 Å². The first kappa shape index (κ1) is 12.8. The molecule has 0 radical (unpaired) electrons. The van der Waals surface area contributed by atoms with E-state index in [0.717, 1.165) is 4.68 Å². The molecular weight excluding hydrogens is 250 g/mol. The molecule has 0 atom stereocenters. The van der Waals surface area contributed by atoms with Crippen molar-refractivity contribution in [2.24, 2.45) is 7.05 Å². The lowest BCUT2D eigenvalue weighted by molar-refractivity contribution is 0.0527. The summed E-state index contributed by atoms with van der Waals surface area (Å²) in [7, 11) is 1.69. The third-order valence-corrected chi connectivity index (χ3v) is 2.45. The molecule has 0 saturated heterocycles. The van der Waals surface area contributed by atoms with Crippen LogP contribution < -0.4 is 5.73 Å². The molecule has 2 aromatic heterocycles. The zero-order chi connectivity index (χ0) is 14.0. The predicted molar refractivity (Wildman–Crippen MR) is 65.5 cm³/mol. The average Bonchev–Trinajstić information content (AvgIpc) is 2.95. The largest absolute Gasteiger partial charge is 0.462 e. The van der Waals surface area contributed by atoms with E-state index in [0.29, 0.717) is 5.56 Å². The number of nitrogens with two attached hydrogens (primary N) is 1. The first-order valence-corrected chi connectivity index (χ1v) is 5.58. The normalized spacial score (nSPS) is 10.4. The smallest absolute Gasteiger partial charge is 0.343 e. The van der Waals surface area contributed by atoms with Crippen molar-refractivity contribution in [3.63, 3.8) is 0 Å². The summed E-state index contributed by atoms with van der Waals surface area (Å²) < 4.78 is 7.24. The van der Waals surface area contributed by atoms with Gasteiger partial charge in [-0.25, -0.2) is 4.79 Å². The molecule has 0 aromatic carbocycles. The van der Waals surface area contributed by atoms with Crippen molar-refractivity contribution in [1.82, 2.24) is 19.6 Å². The Kier molecular flexibility index (Phi) is 3.32. The van der Waals surface area contributed by atoms with Gasteiger partial charge in [0, 0.05) is 13.2 Å². The fourth-order valence-electron chi connectivity index (χ4n) is 1.54. The van der Waals surface area contributed by atoms with Crippen molar-refractivity contribution < 1.29 is 14.3 Å². The lowest BCUT2D eigenvalue weighted by Crippen LogP contribution is -2.17. The fourth-order valence-corrected chi connectivity index (χ4v) is 1.54. The van der Waals surface area contributed by atoms with Gasteiger partial charge in [-0.05, 0) is 6.92 Å². The Labute approximate surface area is 108 Å². The number of nitrogens with zero attached hydrogens (tertiary/aromatic N) is 4. The third-order valence-electron chi connectivity index (χ3n) is 2.45. The summed E-state index contributed by atoms with van der Waals surface area (Å²) >= 11 is 0. The minimum Gasteiger partial charge on any atom is -0.462 e. The molecule has 0 aliphatic carbocycles. The summed E-state index contributed by atoms with van der Waals surface area (Å²) in [4.78, 5) is 23.6. The van der Waals surface area contributed by atoms with Gasteiger partial charge in [0.2, 0.25) is 0 Å². The third kappa shape index (κ3) is 2.32. The van der Waals surface area contributed by atoms with E-state index in [4.69, 9.17) is 10.5 Å². The van der Waals surface area contributed by atoms with Crippen molar-refractivity contribution in [2.75, 3.05) is 12.3 Å². The number of carbonyl (C=O) groups excluding carboxylic acids is 2. The van der Waals surface area contributed by atoms with E-state index >= 15 is 0 Å². The first-order valence-electron chi connectivity index (χ1n) is 5.58. The van der Waals surface area contributed by atoms with Gasteiger partial charge < -0.3 is 10.5 Å². The van der Waals surface area contributed by atoms with E-state index < -0.39 is 11.9 Å². The molecule has 0 fully saturated rings. The number of anilines is 1. The summed E-state index contributed by atoms with van der Waals surface area (Å²) in [5.41, 5.74) is 6.13. The second-order valence-electron chi connectivity index (χ2n) is 3.78. The van der Waals surface area contributed by atoms with E-state index in [1.54, 1.807) is 14.0 Å². The molecule has 19 heavy (non-hydrogen) atoms. The molecule has 2 heterocycles. The van der Waals surface area contributed by atoms with Crippen molar-refractivity contribution in [3.8, 4) is 0 Å². The van der Waals surface area contributed by atoms with Crippen molar-refractivity contribution >= 4 is 17.7 Å². The van der Waals surface area contributed by atoms with Crippen LogP contribution >= 0.6 is 0 Å². The van der Waals surface area contributed by atoms with E-state index in [-0.39, 0.29) is 18.0 Å². The van der Waals surface area contributed by atoms with Crippen molar-refractivity contribution in [2.45, 2.75) is 6.92 Å². The van der Waals surface area contributed by atoms with Crippen LogP contribution in [0.2, 0.25) is 0 Å². The number of esters is 1. The highest BCUT2D eigenvalue weighted by molar-refractivity contribution is 6.01. The molecule has 2 aromatic rings. The molecule has 2 rings (SSSR count). The molecular formula is C11H13N5O3. The summed E-state index contributed by atoms with van der Waals surface area (Å²) in [6, 6.07) is 0. The second-order valence-corrected chi connectivity index (χ2v) is 3.78. The zero-order valence-corrected chi connectivity index (χ0v) is 10.5. The van der Waals surface area contributed by atoms with E-state index in [1.807, 2.05) is 0 Å². The number of carbonyl (C=O) groups is 2. The number of hydrogen-bond donors (Lipinski definition) is 1. The van der Waals surface area contributed by atoms with E-state index in [1.165, 1.54) is 23.3 Å². The fraction of sp³-hybridized carbons (Fsp3) is 0.273. The van der Waals surface area contributed by atoms with Gasteiger partial charge in [-0.3, -0.25) is 9.48 Å². The van der Waals surface area contributed by atoms with Gasteiger partial charge in [-0.15, -0.1) is 0 Å². The molecule has 0 spiro atoms. The summed E-state index contributed by atoms with van der Waals surface area (Å²) in [6.07, 6.45) is 4.14. The minimum atomic E-state index is -0.606. The standard InChI is InChI=1S/C11H13N5O3/c1-3-19-11(18)8-5-14-16(9(8)12)10(17)7-4-13-15(2)6-7/h4-6H,3,12H2,1-2H3. The van der Waals surface area contributed by atoms with Crippen LogP contribution in [-0.2, 0) is 11.8 Å². The Hall–Kier alpha value is -2.64. The van der Waals surface area contributed by atoms with Crippen molar-refractivity contribution in [1.29, 1.82) is 0 Å². The first-order chi connectivity index (χ1) is 9.04. The lowest BCUT2D eigenvalue weighted by atomic mass is 10.3. The van der Waals surface area contributed by atoms with Gasteiger partial charge in [-0.2, -0.15) is 14.9 Å². The van der Waals surface area contributed by atoms with Crippen molar-refractivity contribution in [3.05, 3.63) is 29.7 Å². The molecule has 0 unspecified atom stereocenters. The lowest BCUT2D eigenvalue weighted by Gasteiger charge is -2.02. The van der Waals surface area contributed by atoms with Crippen LogP contribution in [0.3, 0.4) is 0 Å². The molecule has 8 nitrogen and oxygen atoms in total. The Bertz CT molecular complexity index is 628. The summed E-state index contributed by atoms with van der Waals surface area (Å²) in [5, 5.41) is 7.70. The topological polar surface area (TPSA) is 105 Å². The zero-order valence-electron chi connectivity index (χ0n) is 10.5. The SMILES string of the molecule is CCOC(=O)c1cnn(C(=O)c2cnn(C)c2)c1N.